The Bertz CT molecular complexity index is 1220. The van der Waals surface area contributed by atoms with E-state index >= 15 is 0 Å². The molecular weight excluding hydrogens is 959 g/mol. The van der Waals surface area contributed by atoms with Gasteiger partial charge in [-0.3, -0.25) is 9.59 Å². The van der Waals surface area contributed by atoms with Gasteiger partial charge in [0.15, 0.2) is 0 Å². The molecule has 6 heteroatoms. The molecule has 0 saturated heterocycles. The fourth-order valence-electron chi connectivity index (χ4n) is 11.3. The van der Waals surface area contributed by atoms with Crippen LogP contribution in [-0.2, 0) is 14.3 Å². The molecule has 0 aromatic carbocycles. The number of nitrogens with one attached hydrogen (secondary N) is 1. The van der Waals surface area contributed by atoms with Gasteiger partial charge >= 0.3 is 5.97 Å². The zero-order chi connectivity index (χ0) is 56.4. The summed E-state index contributed by atoms with van der Waals surface area (Å²) in [5.41, 5.74) is 0. The Morgan fingerprint density at radius 1 is 0.359 bits per heavy atom. The molecule has 0 aliphatic rings. The highest BCUT2D eigenvalue weighted by Crippen LogP contribution is 2.19. The highest BCUT2D eigenvalue weighted by atomic mass is 16.5. The van der Waals surface area contributed by atoms with Crippen molar-refractivity contribution in [2.45, 2.75) is 411 Å². The molecule has 3 N–H and O–H groups in total. The van der Waals surface area contributed by atoms with Crippen molar-refractivity contribution in [3.05, 3.63) is 24.3 Å². The maximum absolute atomic E-state index is 12.5. The number of hydrogen-bond donors (Lipinski definition) is 3. The molecule has 0 aromatic rings. The quantitative estimate of drug-likeness (QED) is 0.0320. The average Bonchev–Trinajstić information content (AvgIpc) is 3.44. The standard InChI is InChI=1S/C72H139NO5/c1-3-5-7-9-11-13-15-17-19-20-33-37-40-44-48-52-56-60-64-70(75)69(68-74)73-71(76)65-61-57-53-49-45-41-38-34-31-29-27-25-23-21-22-24-26-28-30-32-35-39-43-47-51-55-59-63-67-78-72(77)66-62-58-54-50-46-42-36-18-16-14-12-10-8-6-4-2/h12,14,18,36,69-70,74-75H,3-11,13,15-17,19-35,37-68H2,1-2H3,(H,73,76)/b14-12-,36-18-. The van der Waals surface area contributed by atoms with Crippen molar-refractivity contribution in [2.24, 2.45) is 0 Å². The third kappa shape index (κ3) is 63.5. The zero-order valence-electron chi connectivity index (χ0n) is 52.9. The van der Waals surface area contributed by atoms with Gasteiger partial charge in [0.25, 0.3) is 0 Å². The molecule has 0 spiro atoms. The molecule has 0 aliphatic heterocycles. The van der Waals surface area contributed by atoms with Gasteiger partial charge < -0.3 is 20.3 Å². The van der Waals surface area contributed by atoms with E-state index in [0.29, 0.717) is 25.9 Å². The molecular formula is C72H139NO5. The van der Waals surface area contributed by atoms with Crippen LogP contribution in [0, 0.1) is 0 Å². The summed E-state index contributed by atoms with van der Waals surface area (Å²) in [7, 11) is 0. The Morgan fingerprint density at radius 3 is 1.00 bits per heavy atom. The summed E-state index contributed by atoms with van der Waals surface area (Å²) in [6.07, 6.45) is 85.1. The van der Waals surface area contributed by atoms with Gasteiger partial charge in [0.2, 0.25) is 5.91 Å². The molecule has 0 fully saturated rings. The first-order valence-corrected chi connectivity index (χ1v) is 35.6. The van der Waals surface area contributed by atoms with Crippen LogP contribution in [0.25, 0.3) is 0 Å². The molecule has 1 amide bonds. The van der Waals surface area contributed by atoms with Crippen LogP contribution in [0.3, 0.4) is 0 Å². The molecule has 0 rings (SSSR count). The number of carbonyl (C=O) groups excluding carboxylic acids is 2. The lowest BCUT2D eigenvalue weighted by Gasteiger charge is -2.22. The molecule has 0 aromatic heterocycles. The lowest BCUT2D eigenvalue weighted by atomic mass is 10.0. The van der Waals surface area contributed by atoms with Crippen LogP contribution in [0.5, 0.6) is 0 Å². The Labute approximate surface area is 488 Å². The number of aliphatic hydroxyl groups is 2. The first kappa shape index (κ1) is 76.3. The normalized spacial score (nSPS) is 12.6. The first-order valence-electron chi connectivity index (χ1n) is 35.6. The summed E-state index contributed by atoms with van der Waals surface area (Å²) < 4.78 is 5.49. The fraction of sp³-hybridized carbons (Fsp3) is 0.917. The second-order valence-corrected chi connectivity index (χ2v) is 24.6. The molecule has 0 heterocycles. The summed E-state index contributed by atoms with van der Waals surface area (Å²) in [6, 6.07) is -0.539. The molecule has 462 valence electrons. The van der Waals surface area contributed by atoms with Crippen LogP contribution in [0.15, 0.2) is 24.3 Å². The van der Waals surface area contributed by atoms with Crippen LogP contribution in [0.4, 0.5) is 0 Å². The second-order valence-electron chi connectivity index (χ2n) is 24.6. The molecule has 6 nitrogen and oxygen atoms in total. The smallest absolute Gasteiger partial charge is 0.305 e. The van der Waals surface area contributed by atoms with Crippen molar-refractivity contribution in [1.82, 2.24) is 5.32 Å². The number of allylic oxidation sites excluding steroid dienone is 4. The summed E-state index contributed by atoms with van der Waals surface area (Å²) >= 11 is 0. The van der Waals surface area contributed by atoms with E-state index in [0.717, 1.165) is 51.4 Å². The molecule has 2 unspecified atom stereocenters. The Balaban J connectivity index is 3.34. The van der Waals surface area contributed by atoms with E-state index in [4.69, 9.17) is 4.74 Å². The van der Waals surface area contributed by atoms with Crippen LogP contribution >= 0.6 is 0 Å². The fourth-order valence-corrected chi connectivity index (χ4v) is 11.3. The van der Waals surface area contributed by atoms with Crippen molar-refractivity contribution < 1.29 is 24.5 Å². The van der Waals surface area contributed by atoms with Crippen LogP contribution in [-0.4, -0.2) is 47.4 Å². The van der Waals surface area contributed by atoms with Crippen LogP contribution < -0.4 is 5.32 Å². The van der Waals surface area contributed by atoms with E-state index in [9.17, 15) is 19.8 Å². The summed E-state index contributed by atoms with van der Waals surface area (Å²) in [4.78, 5) is 24.6. The van der Waals surface area contributed by atoms with E-state index in [2.05, 4.69) is 43.5 Å². The van der Waals surface area contributed by atoms with E-state index < -0.39 is 12.1 Å². The molecule has 78 heavy (non-hydrogen) atoms. The van der Waals surface area contributed by atoms with E-state index in [1.165, 1.54) is 315 Å². The lowest BCUT2D eigenvalue weighted by molar-refractivity contribution is -0.143. The second kappa shape index (κ2) is 67.8. The maximum Gasteiger partial charge on any atom is 0.305 e. The highest BCUT2D eigenvalue weighted by molar-refractivity contribution is 5.76. The molecule has 0 saturated carbocycles. The van der Waals surface area contributed by atoms with Crippen LogP contribution in [0.1, 0.15) is 399 Å². The predicted molar refractivity (Wildman–Crippen MR) is 343 cm³/mol. The van der Waals surface area contributed by atoms with Crippen LogP contribution in [0.2, 0.25) is 0 Å². The molecule has 0 aliphatic carbocycles. The molecule has 0 radical (unpaired) electrons. The minimum Gasteiger partial charge on any atom is -0.466 e. The Kier molecular flexibility index (Phi) is 66.4. The monoisotopic (exact) mass is 1100 g/mol. The summed E-state index contributed by atoms with van der Waals surface area (Å²) in [5, 5.41) is 23.4. The van der Waals surface area contributed by atoms with Crippen molar-refractivity contribution >= 4 is 11.9 Å². The van der Waals surface area contributed by atoms with Gasteiger partial charge in [-0.2, -0.15) is 0 Å². The number of esters is 1. The first-order chi connectivity index (χ1) is 38.5. The van der Waals surface area contributed by atoms with Crippen molar-refractivity contribution in [3.63, 3.8) is 0 Å². The molecule has 0 bridgehead atoms. The summed E-state index contributed by atoms with van der Waals surface area (Å²) in [6.45, 7) is 4.96. The third-order valence-corrected chi connectivity index (χ3v) is 16.8. The zero-order valence-corrected chi connectivity index (χ0v) is 52.9. The number of aliphatic hydroxyl groups excluding tert-OH is 2. The van der Waals surface area contributed by atoms with Gasteiger partial charge in [-0.25, -0.2) is 0 Å². The number of unbranched alkanes of at least 4 members (excludes halogenated alkanes) is 52. The largest absolute Gasteiger partial charge is 0.466 e. The Hall–Kier alpha value is -1.66. The van der Waals surface area contributed by atoms with Crippen molar-refractivity contribution in [3.8, 4) is 0 Å². The van der Waals surface area contributed by atoms with Gasteiger partial charge in [0.1, 0.15) is 0 Å². The minimum absolute atomic E-state index is 0.00548. The number of ether oxygens (including phenoxy) is 1. The Morgan fingerprint density at radius 2 is 0.641 bits per heavy atom. The van der Waals surface area contributed by atoms with E-state index in [1.807, 2.05) is 0 Å². The van der Waals surface area contributed by atoms with Crippen molar-refractivity contribution in [2.75, 3.05) is 13.2 Å². The SMILES string of the molecule is CCCCC/C=C\C/C=C\CCCCCCCC(=O)OCCCCCCCCCCCCCCCCCCCCCCCCCCCCCCC(=O)NC(CO)C(O)CCCCCCCCCCCCCCCCCCCC. The topological polar surface area (TPSA) is 95.9 Å². The minimum atomic E-state index is -0.662. The highest BCUT2D eigenvalue weighted by Gasteiger charge is 2.20. The number of rotatable bonds is 67. The maximum atomic E-state index is 12.5. The predicted octanol–water partition coefficient (Wildman–Crippen LogP) is 22.9. The summed E-state index contributed by atoms with van der Waals surface area (Å²) in [5.74, 6) is -0.0225. The molecule has 2 atom stereocenters. The lowest BCUT2D eigenvalue weighted by Crippen LogP contribution is -2.45. The van der Waals surface area contributed by atoms with Gasteiger partial charge in [0.05, 0.1) is 25.4 Å². The number of carbonyl (C=O) groups is 2. The number of hydrogen-bond acceptors (Lipinski definition) is 5. The van der Waals surface area contributed by atoms with Gasteiger partial charge in [-0.1, -0.05) is 353 Å². The van der Waals surface area contributed by atoms with Gasteiger partial charge in [-0.15, -0.1) is 0 Å². The number of amides is 1. The van der Waals surface area contributed by atoms with Gasteiger partial charge in [-0.05, 0) is 57.8 Å². The van der Waals surface area contributed by atoms with E-state index in [-0.39, 0.29) is 18.5 Å². The van der Waals surface area contributed by atoms with Gasteiger partial charge in [0, 0.05) is 12.8 Å². The average molecular weight is 1100 g/mol. The van der Waals surface area contributed by atoms with Crippen molar-refractivity contribution in [1.29, 1.82) is 0 Å². The third-order valence-electron chi connectivity index (χ3n) is 16.8. The van der Waals surface area contributed by atoms with E-state index in [1.54, 1.807) is 0 Å².